The summed E-state index contributed by atoms with van der Waals surface area (Å²) in [5.74, 6) is -1.58. The van der Waals surface area contributed by atoms with Crippen LogP contribution in [0.1, 0.15) is 66.7 Å². The van der Waals surface area contributed by atoms with E-state index in [1.54, 1.807) is 16.7 Å². The van der Waals surface area contributed by atoms with Gasteiger partial charge in [0.05, 0.1) is 7.11 Å². The number of fused-ring (bicyclic) bond motifs is 1. The van der Waals surface area contributed by atoms with Gasteiger partial charge in [-0.1, -0.05) is 65.0 Å². The van der Waals surface area contributed by atoms with E-state index in [0.29, 0.717) is 50.1 Å². The van der Waals surface area contributed by atoms with Crippen LogP contribution in [0, 0.1) is 11.8 Å². The summed E-state index contributed by atoms with van der Waals surface area (Å²) in [6.07, 6.45) is 2.06. The molecule has 0 saturated carbocycles. The standard InChI is InChI=1S/C41H52N6O7/c1-7-34(48)44-35(24(2)3)39(51)46-20-9-11-33(46)38(50)43-31-19-16-28-22-27(12-13-29(28)23-31)26-14-17-30(18-15-26)42-37(49)32-10-8-21-47(32)40(52)36(25(4)5)45-41(53)54-6/h12-19,22-25,32-33,35-36H,7-11,20-21H2,1-6H3,(H,42,49)(H,43,50)(H,44,48)(H,45,53)/t32?,33-,35-,36-/m0/s1. The summed E-state index contributed by atoms with van der Waals surface area (Å²) in [6, 6.07) is 16.5. The van der Waals surface area contributed by atoms with Gasteiger partial charge in [-0.05, 0) is 89.8 Å². The molecule has 2 aliphatic heterocycles. The minimum absolute atomic E-state index is 0.115. The van der Waals surface area contributed by atoms with Crippen LogP contribution in [0.4, 0.5) is 16.2 Å². The van der Waals surface area contributed by atoms with Crippen molar-refractivity contribution >= 4 is 57.8 Å². The molecule has 3 aromatic rings. The van der Waals surface area contributed by atoms with Crippen LogP contribution in [0.2, 0.25) is 0 Å². The number of hydrogen-bond acceptors (Lipinski definition) is 7. The maximum atomic E-state index is 13.4. The molecular formula is C41H52N6O7. The lowest BCUT2D eigenvalue weighted by Gasteiger charge is -2.30. The molecule has 54 heavy (non-hydrogen) atoms. The van der Waals surface area contributed by atoms with Crippen molar-refractivity contribution < 1.29 is 33.5 Å². The van der Waals surface area contributed by atoms with E-state index in [2.05, 4.69) is 27.3 Å². The lowest BCUT2D eigenvalue weighted by molar-refractivity contribution is -0.141. The number of carbonyl (C=O) groups is 6. The van der Waals surface area contributed by atoms with E-state index in [4.69, 9.17) is 4.74 Å². The van der Waals surface area contributed by atoms with Crippen LogP contribution in [-0.2, 0) is 28.7 Å². The van der Waals surface area contributed by atoms with Gasteiger partial charge in [-0.3, -0.25) is 24.0 Å². The molecule has 2 fully saturated rings. The van der Waals surface area contributed by atoms with Gasteiger partial charge in [0.15, 0.2) is 0 Å². The highest BCUT2D eigenvalue weighted by Gasteiger charge is 2.40. The van der Waals surface area contributed by atoms with Crippen LogP contribution >= 0.6 is 0 Å². The molecule has 288 valence electrons. The molecule has 4 N–H and O–H groups in total. The van der Waals surface area contributed by atoms with Crippen molar-refractivity contribution in [3.8, 4) is 11.1 Å². The summed E-state index contributed by atoms with van der Waals surface area (Å²) < 4.78 is 4.69. The van der Waals surface area contributed by atoms with Crippen LogP contribution in [0.5, 0.6) is 0 Å². The third-order valence-corrected chi connectivity index (χ3v) is 10.2. The van der Waals surface area contributed by atoms with Crippen LogP contribution in [0.3, 0.4) is 0 Å². The Balaban J connectivity index is 1.21. The summed E-state index contributed by atoms with van der Waals surface area (Å²) in [4.78, 5) is 80.7. The van der Waals surface area contributed by atoms with Crippen molar-refractivity contribution in [3.05, 3.63) is 60.7 Å². The van der Waals surface area contributed by atoms with E-state index in [9.17, 15) is 28.8 Å². The monoisotopic (exact) mass is 740 g/mol. The predicted molar refractivity (Wildman–Crippen MR) is 207 cm³/mol. The fraction of sp³-hybridized carbons (Fsp3) is 0.463. The van der Waals surface area contributed by atoms with Crippen LogP contribution in [-0.4, -0.2) is 89.8 Å². The summed E-state index contributed by atoms with van der Waals surface area (Å²) in [6.45, 7) is 10.1. The largest absolute Gasteiger partial charge is 0.453 e. The zero-order valence-corrected chi connectivity index (χ0v) is 31.9. The third kappa shape index (κ3) is 9.18. The second kappa shape index (κ2) is 17.6. The molecule has 5 rings (SSSR count). The molecule has 6 amide bonds. The van der Waals surface area contributed by atoms with E-state index in [1.807, 2.05) is 82.3 Å². The first-order valence-electron chi connectivity index (χ1n) is 18.8. The zero-order valence-electron chi connectivity index (χ0n) is 31.9. The van der Waals surface area contributed by atoms with Gasteiger partial charge in [0, 0.05) is 30.9 Å². The number of hydrogen-bond donors (Lipinski definition) is 4. The highest BCUT2D eigenvalue weighted by molar-refractivity contribution is 6.01. The fourth-order valence-corrected chi connectivity index (χ4v) is 7.15. The normalized spacial score (nSPS) is 18.0. The van der Waals surface area contributed by atoms with Crippen LogP contribution < -0.4 is 21.3 Å². The average Bonchev–Trinajstić information content (AvgIpc) is 3.86. The van der Waals surface area contributed by atoms with Crippen LogP contribution in [0.15, 0.2) is 60.7 Å². The van der Waals surface area contributed by atoms with Crippen molar-refractivity contribution in [2.45, 2.75) is 90.9 Å². The first kappa shape index (κ1) is 39.7. The molecule has 0 spiro atoms. The Morgan fingerprint density at radius 3 is 1.69 bits per heavy atom. The quantitative estimate of drug-likeness (QED) is 0.196. The Labute approximate surface area is 316 Å². The summed E-state index contributed by atoms with van der Waals surface area (Å²) in [5, 5.41) is 13.3. The predicted octanol–water partition coefficient (Wildman–Crippen LogP) is 5.30. The van der Waals surface area contributed by atoms with Gasteiger partial charge in [-0.25, -0.2) is 4.79 Å². The van der Waals surface area contributed by atoms with Gasteiger partial charge in [0.1, 0.15) is 24.2 Å². The topological polar surface area (TPSA) is 166 Å². The summed E-state index contributed by atoms with van der Waals surface area (Å²) in [7, 11) is 1.24. The molecule has 1 unspecified atom stereocenters. The Kier molecular flexibility index (Phi) is 12.9. The maximum absolute atomic E-state index is 13.4. The van der Waals surface area contributed by atoms with Gasteiger partial charge in [0.25, 0.3) is 0 Å². The molecule has 0 aliphatic carbocycles. The molecule has 0 aromatic heterocycles. The Morgan fingerprint density at radius 2 is 1.15 bits per heavy atom. The van der Waals surface area contributed by atoms with E-state index in [-0.39, 0.29) is 47.8 Å². The number of likely N-dealkylation sites (tertiary alicyclic amines) is 2. The number of carbonyl (C=O) groups excluding carboxylic acids is 6. The second-order valence-electron chi connectivity index (χ2n) is 14.7. The molecular weight excluding hydrogens is 688 g/mol. The van der Waals surface area contributed by atoms with E-state index in [0.717, 1.165) is 21.9 Å². The van der Waals surface area contributed by atoms with Gasteiger partial charge < -0.3 is 35.8 Å². The smallest absolute Gasteiger partial charge is 0.407 e. The molecule has 4 atom stereocenters. The number of amides is 6. The van der Waals surface area contributed by atoms with Gasteiger partial charge in [-0.15, -0.1) is 0 Å². The number of alkyl carbamates (subject to hydrolysis) is 1. The maximum Gasteiger partial charge on any atom is 0.407 e. The highest BCUT2D eigenvalue weighted by atomic mass is 16.5. The van der Waals surface area contributed by atoms with Crippen molar-refractivity contribution in [3.63, 3.8) is 0 Å². The van der Waals surface area contributed by atoms with Crippen molar-refractivity contribution in [2.24, 2.45) is 11.8 Å². The van der Waals surface area contributed by atoms with Crippen molar-refractivity contribution in [1.29, 1.82) is 0 Å². The first-order chi connectivity index (χ1) is 25.8. The number of nitrogens with zero attached hydrogens (tertiary/aromatic N) is 2. The molecule has 0 bridgehead atoms. The highest BCUT2D eigenvalue weighted by Crippen LogP contribution is 2.29. The van der Waals surface area contributed by atoms with Crippen molar-refractivity contribution in [2.75, 3.05) is 30.8 Å². The lowest BCUT2D eigenvalue weighted by Crippen LogP contribution is -2.54. The molecule has 13 heteroatoms. The molecule has 2 aliphatic rings. The molecule has 3 aromatic carbocycles. The fourth-order valence-electron chi connectivity index (χ4n) is 7.15. The number of ether oxygens (including phenoxy) is 1. The number of nitrogens with one attached hydrogen (secondary N) is 4. The summed E-state index contributed by atoms with van der Waals surface area (Å²) >= 11 is 0. The molecule has 13 nitrogen and oxygen atoms in total. The Bertz CT molecular complexity index is 1880. The number of methoxy groups -OCH3 is 1. The van der Waals surface area contributed by atoms with Gasteiger partial charge in [0.2, 0.25) is 29.5 Å². The minimum Gasteiger partial charge on any atom is -0.453 e. The van der Waals surface area contributed by atoms with E-state index < -0.39 is 30.3 Å². The SMILES string of the molecule is CCC(=O)N[C@H](C(=O)N1CCC[C@H]1C(=O)Nc1ccc2cc(-c3ccc(NC(=O)C4CCCN4C(=O)[C@@H](NC(=O)OC)C(C)C)cc3)ccc2c1)C(C)C. The van der Waals surface area contributed by atoms with Crippen LogP contribution in [0.25, 0.3) is 21.9 Å². The zero-order chi connectivity index (χ0) is 39.1. The third-order valence-electron chi connectivity index (χ3n) is 10.2. The van der Waals surface area contributed by atoms with Crippen molar-refractivity contribution in [1.82, 2.24) is 20.4 Å². The summed E-state index contributed by atoms with van der Waals surface area (Å²) in [5.41, 5.74) is 3.14. The average molecular weight is 741 g/mol. The van der Waals surface area contributed by atoms with Gasteiger partial charge in [-0.2, -0.15) is 0 Å². The van der Waals surface area contributed by atoms with E-state index >= 15 is 0 Å². The number of anilines is 2. The Morgan fingerprint density at radius 1 is 0.667 bits per heavy atom. The molecule has 2 heterocycles. The Hall–Kier alpha value is -5.46. The minimum atomic E-state index is -0.803. The lowest BCUT2D eigenvalue weighted by atomic mass is 10.0. The molecule has 2 saturated heterocycles. The molecule has 0 radical (unpaired) electrons. The first-order valence-corrected chi connectivity index (χ1v) is 18.8. The van der Waals surface area contributed by atoms with E-state index in [1.165, 1.54) is 7.11 Å². The number of rotatable bonds is 12. The second-order valence-corrected chi connectivity index (χ2v) is 14.7. The number of benzene rings is 3. The van der Waals surface area contributed by atoms with Gasteiger partial charge >= 0.3 is 6.09 Å².